The largest absolute Gasteiger partial charge is 0.387 e. The zero-order valence-electron chi connectivity index (χ0n) is 7.56. The van der Waals surface area contributed by atoms with Crippen molar-refractivity contribution in [1.82, 2.24) is 15.0 Å². The fourth-order valence-corrected chi connectivity index (χ4v) is 1.14. The van der Waals surface area contributed by atoms with E-state index in [0.717, 1.165) is 25.0 Å². The van der Waals surface area contributed by atoms with Gasteiger partial charge in [0.05, 0.1) is 18.0 Å². The predicted molar refractivity (Wildman–Crippen MR) is 45.5 cm³/mol. The van der Waals surface area contributed by atoms with Crippen molar-refractivity contribution in [2.45, 2.75) is 32.3 Å². The number of aryl methyl sites for hydroxylation is 1. The lowest BCUT2D eigenvalue weighted by Gasteiger charge is -2.08. The highest BCUT2D eigenvalue weighted by atomic mass is 16.3. The average molecular weight is 169 g/mol. The van der Waals surface area contributed by atoms with E-state index in [0.29, 0.717) is 0 Å². The first-order valence-corrected chi connectivity index (χ1v) is 4.28. The van der Waals surface area contributed by atoms with Crippen LogP contribution >= 0.6 is 0 Å². The summed E-state index contributed by atoms with van der Waals surface area (Å²) in [6.45, 7) is 2.11. The molecule has 0 aliphatic carbocycles. The quantitative estimate of drug-likeness (QED) is 0.732. The number of hydrogen-bond donors (Lipinski definition) is 1. The van der Waals surface area contributed by atoms with Crippen LogP contribution in [0.25, 0.3) is 0 Å². The maximum absolute atomic E-state index is 9.62. The first kappa shape index (κ1) is 9.19. The van der Waals surface area contributed by atoms with Gasteiger partial charge in [0.1, 0.15) is 0 Å². The van der Waals surface area contributed by atoms with Crippen LogP contribution < -0.4 is 0 Å². The lowest BCUT2D eigenvalue weighted by atomic mass is 10.1. The Hall–Kier alpha value is -0.900. The third-order valence-corrected chi connectivity index (χ3v) is 1.92. The fourth-order valence-electron chi connectivity index (χ4n) is 1.14. The second-order valence-corrected chi connectivity index (χ2v) is 2.94. The van der Waals surface area contributed by atoms with E-state index in [2.05, 4.69) is 17.2 Å². The SMILES string of the molecule is CCCCC(O)c1cnnn1C. The van der Waals surface area contributed by atoms with Crippen LogP contribution in [0, 0.1) is 0 Å². The zero-order chi connectivity index (χ0) is 8.97. The van der Waals surface area contributed by atoms with Crippen LogP contribution in [0.1, 0.15) is 38.0 Å². The molecule has 1 heterocycles. The van der Waals surface area contributed by atoms with Crippen molar-refractivity contribution in [2.75, 3.05) is 0 Å². The van der Waals surface area contributed by atoms with Gasteiger partial charge >= 0.3 is 0 Å². The van der Waals surface area contributed by atoms with Gasteiger partial charge in [-0.2, -0.15) is 0 Å². The highest BCUT2D eigenvalue weighted by molar-refractivity contribution is 4.97. The molecule has 1 N–H and O–H groups in total. The minimum absolute atomic E-state index is 0.412. The second kappa shape index (κ2) is 4.21. The van der Waals surface area contributed by atoms with Gasteiger partial charge in [0.15, 0.2) is 0 Å². The molecule has 1 aromatic heterocycles. The van der Waals surface area contributed by atoms with Crippen LogP contribution in [-0.4, -0.2) is 20.1 Å². The van der Waals surface area contributed by atoms with E-state index in [1.165, 1.54) is 0 Å². The molecule has 0 saturated heterocycles. The van der Waals surface area contributed by atoms with Gasteiger partial charge in [0.2, 0.25) is 0 Å². The van der Waals surface area contributed by atoms with Gasteiger partial charge in [-0.3, -0.25) is 0 Å². The van der Waals surface area contributed by atoms with Gasteiger partial charge in [-0.05, 0) is 6.42 Å². The average Bonchev–Trinajstić information content (AvgIpc) is 2.47. The molecular formula is C8H15N3O. The van der Waals surface area contributed by atoms with Crippen molar-refractivity contribution in [3.63, 3.8) is 0 Å². The smallest absolute Gasteiger partial charge is 0.0972 e. The van der Waals surface area contributed by atoms with E-state index >= 15 is 0 Å². The summed E-state index contributed by atoms with van der Waals surface area (Å²) in [5, 5.41) is 17.1. The monoisotopic (exact) mass is 169 g/mol. The van der Waals surface area contributed by atoms with E-state index in [4.69, 9.17) is 0 Å². The van der Waals surface area contributed by atoms with E-state index in [9.17, 15) is 5.11 Å². The van der Waals surface area contributed by atoms with E-state index in [-0.39, 0.29) is 0 Å². The van der Waals surface area contributed by atoms with Crippen molar-refractivity contribution >= 4 is 0 Å². The molecule has 0 bridgehead atoms. The van der Waals surface area contributed by atoms with Gasteiger partial charge in [0.25, 0.3) is 0 Å². The van der Waals surface area contributed by atoms with E-state index in [1.807, 2.05) is 0 Å². The summed E-state index contributed by atoms with van der Waals surface area (Å²) in [6.07, 6.45) is 4.12. The van der Waals surface area contributed by atoms with Crippen LogP contribution in [0.15, 0.2) is 6.20 Å². The normalized spacial score (nSPS) is 13.2. The molecule has 68 valence electrons. The molecule has 1 atom stereocenters. The summed E-state index contributed by atoms with van der Waals surface area (Å²) in [5.74, 6) is 0. The van der Waals surface area contributed by atoms with Crippen molar-refractivity contribution in [3.05, 3.63) is 11.9 Å². The Morgan fingerprint density at radius 2 is 2.42 bits per heavy atom. The molecule has 0 amide bonds. The molecular weight excluding hydrogens is 154 g/mol. The first-order chi connectivity index (χ1) is 5.75. The molecule has 0 saturated carbocycles. The van der Waals surface area contributed by atoms with Gasteiger partial charge in [0, 0.05) is 7.05 Å². The van der Waals surface area contributed by atoms with Gasteiger partial charge in [-0.15, -0.1) is 5.10 Å². The molecule has 0 spiro atoms. The number of aliphatic hydroxyl groups excluding tert-OH is 1. The third-order valence-electron chi connectivity index (χ3n) is 1.92. The molecule has 1 rings (SSSR count). The minimum Gasteiger partial charge on any atom is -0.387 e. The molecule has 1 aromatic rings. The van der Waals surface area contributed by atoms with Gasteiger partial charge in [-0.1, -0.05) is 25.0 Å². The number of aromatic nitrogens is 3. The molecule has 0 aliphatic rings. The number of unbranched alkanes of at least 4 members (excludes halogenated alkanes) is 1. The predicted octanol–water partition coefficient (Wildman–Crippen LogP) is 1.04. The molecule has 1 unspecified atom stereocenters. The van der Waals surface area contributed by atoms with Crippen molar-refractivity contribution in [1.29, 1.82) is 0 Å². The fraction of sp³-hybridized carbons (Fsp3) is 0.750. The maximum Gasteiger partial charge on any atom is 0.0972 e. The van der Waals surface area contributed by atoms with E-state index in [1.54, 1.807) is 17.9 Å². The second-order valence-electron chi connectivity index (χ2n) is 2.94. The highest BCUT2D eigenvalue weighted by Gasteiger charge is 2.10. The lowest BCUT2D eigenvalue weighted by Crippen LogP contribution is -2.04. The van der Waals surface area contributed by atoms with Crippen LogP contribution in [-0.2, 0) is 7.05 Å². The Balaban J connectivity index is 2.52. The maximum atomic E-state index is 9.62. The van der Waals surface area contributed by atoms with Gasteiger partial charge in [-0.25, -0.2) is 4.68 Å². The summed E-state index contributed by atoms with van der Waals surface area (Å²) in [4.78, 5) is 0. The molecule has 0 radical (unpaired) electrons. The Kier molecular flexibility index (Phi) is 3.22. The first-order valence-electron chi connectivity index (χ1n) is 4.28. The molecule has 0 aliphatic heterocycles. The Bertz CT molecular complexity index is 234. The molecule has 4 nitrogen and oxygen atoms in total. The van der Waals surface area contributed by atoms with Crippen molar-refractivity contribution in [2.24, 2.45) is 7.05 Å². The minimum atomic E-state index is -0.412. The summed E-state index contributed by atoms with van der Waals surface area (Å²) < 4.78 is 1.61. The van der Waals surface area contributed by atoms with Crippen molar-refractivity contribution < 1.29 is 5.11 Å². The van der Waals surface area contributed by atoms with Crippen LogP contribution in [0.4, 0.5) is 0 Å². The molecule has 4 heteroatoms. The summed E-state index contributed by atoms with van der Waals surface area (Å²) in [5.41, 5.74) is 0.795. The Morgan fingerprint density at radius 3 is 2.92 bits per heavy atom. The Morgan fingerprint density at radius 1 is 1.67 bits per heavy atom. The lowest BCUT2D eigenvalue weighted by molar-refractivity contribution is 0.155. The third kappa shape index (κ3) is 2.04. The number of hydrogen-bond acceptors (Lipinski definition) is 3. The Labute approximate surface area is 72.2 Å². The molecule has 12 heavy (non-hydrogen) atoms. The van der Waals surface area contributed by atoms with Gasteiger partial charge < -0.3 is 5.11 Å². The van der Waals surface area contributed by atoms with E-state index < -0.39 is 6.10 Å². The summed E-state index contributed by atoms with van der Waals surface area (Å²) >= 11 is 0. The highest BCUT2D eigenvalue weighted by Crippen LogP contribution is 2.16. The number of rotatable bonds is 4. The van der Waals surface area contributed by atoms with Crippen molar-refractivity contribution in [3.8, 4) is 0 Å². The van der Waals surface area contributed by atoms with Crippen LogP contribution in [0.5, 0.6) is 0 Å². The summed E-state index contributed by atoms with van der Waals surface area (Å²) in [6, 6.07) is 0. The van der Waals surface area contributed by atoms with Crippen LogP contribution in [0.2, 0.25) is 0 Å². The topological polar surface area (TPSA) is 50.9 Å². The number of aliphatic hydroxyl groups is 1. The van der Waals surface area contributed by atoms with Crippen LogP contribution in [0.3, 0.4) is 0 Å². The summed E-state index contributed by atoms with van der Waals surface area (Å²) in [7, 11) is 1.79. The molecule has 0 fully saturated rings. The standard InChI is InChI=1S/C8H15N3O/c1-3-4-5-8(12)7-6-9-10-11(7)2/h6,8,12H,3-5H2,1-2H3. The molecule has 0 aromatic carbocycles. The number of nitrogens with zero attached hydrogens (tertiary/aromatic N) is 3. The zero-order valence-corrected chi connectivity index (χ0v) is 7.56.